The molecule has 0 aliphatic carbocycles. The molecule has 0 saturated carbocycles. The van der Waals surface area contributed by atoms with Crippen LogP contribution in [0.15, 0.2) is 27.3 Å². The zero-order valence-corrected chi connectivity index (χ0v) is 11.0. The summed E-state index contributed by atoms with van der Waals surface area (Å²) in [5.41, 5.74) is 8.17. The van der Waals surface area contributed by atoms with E-state index in [0.717, 1.165) is 0 Å². The second kappa shape index (κ2) is 6.07. The van der Waals surface area contributed by atoms with Crippen molar-refractivity contribution >= 4 is 11.8 Å². The molecule has 2 heterocycles. The van der Waals surface area contributed by atoms with Gasteiger partial charge >= 0.3 is 0 Å². The fourth-order valence-electron chi connectivity index (χ4n) is 2.01. The largest absolute Gasteiger partial charge is 0.394 e. The fraction of sp³-hybridized carbons (Fsp3) is 0.600. The Morgan fingerprint density at radius 3 is 3.21 bits per heavy atom. The van der Waals surface area contributed by atoms with E-state index in [0.29, 0.717) is 11.6 Å². The number of aromatic nitrogens is 2. The Balaban J connectivity index is 2.28. The quantitative estimate of drug-likeness (QED) is 0.290. The van der Waals surface area contributed by atoms with E-state index >= 15 is 0 Å². The highest BCUT2D eigenvalue weighted by Crippen LogP contribution is 2.32. The monoisotopic (exact) mass is 283 g/mol. The Hall–Kier alpha value is -1.54. The first-order valence-corrected chi connectivity index (χ1v) is 6.85. The summed E-state index contributed by atoms with van der Waals surface area (Å²) in [5.74, 6) is 0. The third-order valence-electron chi connectivity index (χ3n) is 2.88. The lowest BCUT2D eigenvalue weighted by atomic mass is 10.1. The van der Waals surface area contributed by atoms with Crippen molar-refractivity contribution in [2.75, 3.05) is 12.9 Å². The minimum Gasteiger partial charge on any atom is -0.394 e. The van der Waals surface area contributed by atoms with Crippen molar-refractivity contribution in [3.63, 3.8) is 0 Å². The molecule has 1 aromatic heterocycles. The molecule has 0 bridgehead atoms. The maximum Gasteiger partial charge on any atom is 0.273 e. The molecule has 1 aliphatic rings. The minimum absolute atomic E-state index is 0.220. The van der Waals surface area contributed by atoms with Gasteiger partial charge in [-0.1, -0.05) is 16.9 Å². The van der Waals surface area contributed by atoms with Crippen molar-refractivity contribution in [2.24, 2.45) is 5.11 Å². The highest BCUT2D eigenvalue weighted by molar-refractivity contribution is 7.98. The standard InChI is InChI=1S/C10H13N5O3S/c1-19-10-12-8(17)2-3-15(10)9-4-6(13-14-11)7(5-16)18-9/h2-3,6-7,9,16H,4-5H2,1H3/t6-,7+,9-/m0/s1. The van der Waals surface area contributed by atoms with Gasteiger partial charge in [-0.2, -0.15) is 4.98 Å². The summed E-state index contributed by atoms with van der Waals surface area (Å²) in [6.07, 6.45) is 2.91. The number of aliphatic hydroxyl groups excluding tert-OH is 1. The number of ether oxygens (including phenoxy) is 1. The molecule has 8 nitrogen and oxygen atoms in total. The SMILES string of the molecule is CSc1nc(=O)ccn1[C@@H]1C[C@H](N=[N+]=[N-])[C@@H](CO)O1. The molecule has 2 rings (SSSR count). The Bertz CT molecular complexity index is 556. The third-order valence-corrected chi connectivity index (χ3v) is 3.55. The number of hydrogen-bond donors (Lipinski definition) is 1. The molecule has 19 heavy (non-hydrogen) atoms. The number of nitrogens with zero attached hydrogens (tertiary/aromatic N) is 5. The van der Waals surface area contributed by atoms with Crippen molar-refractivity contribution in [1.82, 2.24) is 9.55 Å². The van der Waals surface area contributed by atoms with E-state index in [1.54, 1.807) is 10.8 Å². The van der Waals surface area contributed by atoms with Crippen molar-refractivity contribution in [3.05, 3.63) is 33.1 Å². The van der Waals surface area contributed by atoms with Gasteiger partial charge in [-0.25, -0.2) is 0 Å². The smallest absolute Gasteiger partial charge is 0.273 e. The Kier molecular flexibility index (Phi) is 4.43. The highest BCUT2D eigenvalue weighted by Gasteiger charge is 2.35. The van der Waals surface area contributed by atoms with Crippen LogP contribution in [0.2, 0.25) is 0 Å². The molecule has 0 spiro atoms. The van der Waals surface area contributed by atoms with Crippen LogP contribution in [0.25, 0.3) is 10.4 Å². The van der Waals surface area contributed by atoms with Crippen molar-refractivity contribution < 1.29 is 9.84 Å². The molecule has 0 aromatic carbocycles. The average molecular weight is 283 g/mol. The predicted molar refractivity (Wildman–Crippen MR) is 68.8 cm³/mol. The first kappa shape index (κ1) is 13.9. The molecule has 3 atom stereocenters. The summed E-state index contributed by atoms with van der Waals surface area (Å²) in [7, 11) is 0. The normalized spacial score (nSPS) is 26.1. The Morgan fingerprint density at radius 1 is 1.79 bits per heavy atom. The van der Waals surface area contributed by atoms with Gasteiger partial charge in [0.15, 0.2) is 5.16 Å². The van der Waals surface area contributed by atoms with E-state index in [4.69, 9.17) is 10.3 Å². The van der Waals surface area contributed by atoms with Gasteiger partial charge in [0.25, 0.3) is 5.56 Å². The van der Waals surface area contributed by atoms with Crippen LogP contribution in [-0.4, -0.2) is 39.7 Å². The van der Waals surface area contributed by atoms with E-state index in [9.17, 15) is 9.90 Å². The molecule has 1 aliphatic heterocycles. The molecule has 9 heteroatoms. The molecule has 1 aromatic rings. The summed E-state index contributed by atoms with van der Waals surface area (Å²) in [6, 6.07) is 0.923. The van der Waals surface area contributed by atoms with Crippen LogP contribution in [0, 0.1) is 0 Å². The molecule has 0 unspecified atom stereocenters. The molecule has 0 amide bonds. The maximum atomic E-state index is 11.2. The van der Waals surface area contributed by atoms with E-state index in [1.807, 2.05) is 6.26 Å². The lowest BCUT2D eigenvalue weighted by Gasteiger charge is -2.17. The van der Waals surface area contributed by atoms with Gasteiger partial charge in [0, 0.05) is 23.6 Å². The Morgan fingerprint density at radius 2 is 2.58 bits per heavy atom. The summed E-state index contributed by atoms with van der Waals surface area (Å²) in [5, 5.41) is 13.4. The molecule has 0 radical (unpaired) electrons. The third kappa shape index (κ3) is 2.90. The number of aliphatic hydroxyl groups is 1. The Labute approximate surface area is 113 Å². The molecule has 102 valence electrons. The summed E-state index contributed by atoms with van der Waals surface area (Å²) in [6.45, 7) is -0.220. The highest BCUT2D eigenvalue weighted by atomic mass is 32.2. The van der Waals surface area contributed by atoms with E-state index in [1.165, 1.54) is 17.8 Å². The second-order valence-corrected chi connectivity index (χ2v) is 4.75. The predicted octanol–water partition coefficient (Wildman–Crippen LogP) is 0.924. The van der Waals surface area contributed by atoms with Crippen LogP contribution in [0.3, 0.4) is 0 Å². The number of rotatable bonds is 4. The topological polar surface area (TPSA) is 113 Å². The number of hydrogen-bond acceptors (Lipinski definition) is 6. The van der Waals surface area contributed by atoms with Crippen molar-refractivity contribution in [1.29, 1.82) is 0 Å². The number of thioether (sulfide) groups is 1. The van der Waals surface area contributed by atoms with Gasteiger partial charge in [0.05, 0.1) is 18.8 Å². The van der Waals surface area contributed by atoms with Crippen LogP contribution in [-0.2, 0) is 4.74 Å². The lowest BCUT2D eigenvalue weighted by Crippen LogP contribution is -2.23. The molecule has 1 saturated heterocycles. The maximum absolute atomic E-state index is 11.2. The van der Waals surface area contributed by atoms with Gasteiger partial charge in [-0.3, -0.25) is 4.79 Å². The second-order valence-electron chi connectivity index (χ2n) is 3.98. The molecule has 1 N–H and O–H groups in total. The molecular formula is C10H13N5O3S. The van der Waals surface area contributed by atoms with Crippen LogP contribution < -0.4 is 5.56 Å². The van der Waals surface area contributed by atoms with E-state index < -0.39 is 18.4 Å². The first-order valence-electron chi connectivity index (χ1n) is 5.63. The fourth-order valence-corrected chi connectivity index (χ4v) is 2.58. The van der Waals surface area contributed by atoms with Crippen LogP contribution >= 0.6 is 11.8 Å². The van der Waals surface area contributed by atoms with Gasteiger partial charge in [-0.05, 0) is 11.8 Å². The van der Waals surface area contributed by atoms with Crippen molar-refractivity contribution in [3.8, 4) is 0 Å². The van der Waals surface area contributed by atoms with Gasteiger partial charge in [0.2, 0.25) is 0 Å². The summed E-state index contributed by atoms with van der Waals surface area (Å²) < 4.78 is 7.35. The number of azide groups is 1. The minimum atomic E-state index is -0.532. The lowest BCUT2D eigenvalue weighted by molar-refractivity contribution is -0.0296. The molecular weight excluding hydrogens is 270 g/mol. The van der Waals surface area contributed by atoms with Gasteiger partial charge in [0.1, 0.15) is 6.23 Å². The average Bonchev–Trinajstić information content (AvgIpc) is 2.82. The molecule has 1 fully saturated rings. The van der Waals surface area contributed by atoms with Crippen LogP contribution in [0.1, 0.15) is 12.6 Å². The summed E-state index contributed by atoms with van der Waals surface area (Å²) >= 11 is 1.33. The van der Waals surface area contributed by atoms with Crippen molar-refractivity contribution in [2.45, 2.75) is 30.0 Å². The first-order chi connectivity index (χ1) is 9.19. The van der Waals surface area contributed by atoms with Gasteiger partial charge in [-0.15, -0.1) is 0 Å². The van der Waals surface area contributed by atoms with Crippen LogP contribution in [0.5, 0.6) is 0 Å². The van der Waals surface area contributed by atoms with Crippen LogP contribution in [0.4, 0.5) is 0 Å². The zero-order chi connectivity index (χ0) is 13.8. The van der Waals surface area contributed by atoms with E-state index in [-0.39, 0.29) is 12.2 Å². The zero-order valence-electron chi connectivity index (χ0n) is 10.2. The van der Waals surface area contributed by atoms with E-state index in [2.05, 4.69) is 15.0 Å². The van der Waals surface area contributed by atoms with Gasteiger partial charge < -0.3 is 14.4 Å². The summed E-state index contributed by atoms with van der Waals surface area (Å²) in [4.78, 5) is 17.9.